The molecule has 8 nitrogen and oxygen atoms in total. The number of aromatic nitrogens is 3. The number of anilines is 1. The Morgan fingerprint density at radius 3 is 2.36 bits per heavy atom. The molecular weight excluding hydrogens is 499 g/mol. The van der Waals surface area contributed by atoms with E-state index < -0.39 is 0 Å². The lowest BCUT2D eigenvalue weighted by Crippen LogP contribution is -2.52. The Labute approximate surface area is 222 Å². The lowest BCUT2D eigenvalue weighted by Gasteiger charge is -2.35. The van der Waals surface area contributed by atoms with Crippen molar-refractivity contribution in [2.75, 3.05) is 44.2 Å². The van der Waals surface area contributed by atoms with Crippen LogP contribution in [0.2, 0.25) is 0 Å². The Morgan fingerprint density at radius 1 is 0.917 bits per heavy atom. The van der Waals surface area contributed by atoms with Gasteiger partial charge in [-0.1, -0.05) is 36.4 Å². The fourth-order valence-corrected chi connectivity index (χ4v) is 4.44. The van der Waals surface area contributed by atoms with Gasteiger partial charge in [-0.15, -0.1) is 24.8 Å². The van der Waals surface area contributed by atoms with Crippen LogP contribution in [0.4, 0.5) is 5.69 Å². The lowest BCUT2D eigenvalue weighted by molar-refractivity contribution is -0.131. The summed E-state index contributed by atoms with van der Waals surface area (Å²) in [5.74, 6) is -0.223. The van der Waals surface area contributed by atoms with Crippen molar-refractivity contribution >= 4 is 53.2 Å². The van der Waals surface area contributed by atoms with E-state index in [0.29, 0.717) is 24.3 Å². The summed E-state index contributed by atoms with van der Waals surface area (Å²) in [6.45, 7) is 3.88. The summed E-state index contributed by atoms with van der Waals surface area (Å²) in [5, 5.41) is 0.853. The first kappa shape index (κ1) is 27.3. The van der Waals surface area contributed by atoms with Crippen LogP contribution in [-0.2, 0) is 11.2 Å². The second-order valence-electron chi connectivity index (χ2n) is 8.51. The SMILES string of the molecule is Cl.Cl.O=C(CN(C(=O)c1c[nH]c2ccccc12)c1ccccc1)N1CCN(CCc2c[nH]cn2)CC1. The zero-order valence-electron chi connectivity index (χ0n) is 19.8. The van der Waals surface area contributed by atoms with Gasteiger partial charge in [0.15, 0.2) is 0 Å². The Balaban J connectivity index is 0.00000180. The van der Waals surface area contributed by atoms with Crippen molar-refractivity contribution in [1.29, 1.82) is 0 Å². The molecule has 0 aliphatic carbocycles. The average Bonchev–Trinajstić information content (AvgIpc) is 3.56. The molecule has 1 aliphatic rings. The van der Waals surface area contributed by atoms with Gasteiger partial charge in [-0.05, 0) is 18.2 Å². The molecule has 4 aromatic rings. The predicted molar refractivity (Wildman–Crippen MR) is 146 cm³/mol. The van der Waals surface area contributed by atoms with E-state index in [4.69, 9.17) is 0 Å². The number of amides is 2. The van der Waals surface area contributed by atoms with Crippen molar-refractivity contribution in [3.05, 3.63) is 84.6 Å². The molecule has 1 fully saturated rings. The number of benzene rings is 2. The Morgan fingerprint density at radius 2 is 1.64 bits per heavy atom. The molecule has 0 atom stereocenters. The molecule has 2 amide bonds. The Hall–Kier alpha value is -3.33. The monoisotopic (exact) mass is 528 g/mol. The number of imidazole rings is 1. The van der Waals surface area contributed by atoms with Gasteiger partial charge in [-0.3, -0.25) is 19.4 Å². The van der Waals surface area contributed by atoms with Crippen LogP contribution in [0.25, 0.3) is 10.9 Å². The van der Waals surface area contributed by atoms with Crippen LogP contribution >= 0.6 is 24.8 Å². The fraction of sp³-hybridized carbons (Fsp3) is 0.269. The molecule has 0 bridgehead atoms. The number of hydrogen-bond donors (Lipinski definition) is 2. The van der Waals surface area contributed by atoms with Crippen LogP contribution in [-0.4, -0.2) is 75.8 Å². The number of carbonyl (C=O) groups is 2. The molecule has 3 heterocycles. The van der Waals surface area contributed by atoms with E-state index in [0.717, 1.165) is 42.7 Å². The van der Waals surface area contributed by atoms with Gasteiger partial charge in [0, 0.05) is 68.1 Å². The van der Waals surface area contributed by atoms with Crippen LogP contribution < -0.4 is 4.90 Å². The van der Waals surface area contributed by atoms with E-state index in [1.807, 2.05) is 65.7 Å². The normalized spacial score (nSPS) is 13.6. The zero-order chi connectivity index (χ0) is 23.3. The Kier molecular flexibility index (Phi) is 9.52. The van der Waals surface area contributed by atoms with Crippen molar-refractivity contribution in [3.8, 4) is 0 Å². The van der Waals surface area contributed by atoms with Crippen molar-refractivity contribution in [2.45, 2.75) is 6.42 Å². The molecule has 0 unspecified atom stereocenters. The van der Waals surface area contributed by atoms with Gasteiger partial charge in [0.2, 0.25) is 5.91 Å². The van der Waals surface area contributed by atoms with Crippen LogP contribution in [0.3, 0.4) is 0 Å². The van der Waals surface area contributed by atoms with E-state index >= 15 is 0 Å². The minimum atomic E-state index is -0.186. The first-order valence-corrected chi connectivity index (χ1v) is 11.6. The highest BCUT2D eigenvalue weighted by Crippen LogP contribution is 2.23. The third-order valence-electron chi connectivity index (χ3n) is 6.39. The lowest BCUT2D eigenvalue weighted by atomic mass is 10.1. The molecule has 190 valence electrons. The van der Waals surface area contributed by atoms with E-state index in [1.165, 1.54) is 0 Å². The van der Waals surface area contributed by atoms with Gasteiger partial charge in [-0.2, -0.15) is 0 Å². The summed E-state index contributed by atoms with van der Waals surface area (Å²) in [5.41, 5.74) is 3.23. The number of H-pyrrole nitrogens is 2. The summed E-state index contributed by atoms with van der Waals surface area (Å²) < 4.78 is 0. The number of nitrogens with zero attached hydrogens (tertiary/aromatic N) is 4. The number of nitrogens with one attached hydrogen (secondary N) is 2. The maximum Gasteiger partial charge on any atom is 0.260 e. The van der Waals surface area contributed by atoms with E-state index in [1.54, 1.807) is 17.4 Å². The molecule has 2 aromatic heterocycles. The molecule has 0 radical (unpaired) electrons. The van der Waals surface area contributed by atoms with Gasteiger partial charge in [0.25, 0.3) is 5.91 Å². The van der Waals surface area contributed by atoms with Crippen LogP contribution in [0.1, 0.15) is 16.1 Å². The molecule has 5 rings (SSSR count). The summed E-state index contributed by atoms with van der Waals surface area (Å²) in [7, 11) is 0. The van der Waals surface area contributed by atoms with Gasteiger partial charge in [-0.25, -0.2) is 4.98 Å². The smallest absolute Gasteiger partial charge is 0.260 e. The number of aromatic amines is 2. The molecule has 36 heavy (non-hydrogen) atoms. The minimum absolute atomic E-state index is 0. The summed E-state index contributed by atoms with van der Waals surface area (Å²) in [6.07, 6.45) is 6.23. The largest absolute Gasteiger partial charge is 0.360 e. The minimum Gasteiger partial charge on any atom is -0.360 e. The molecule has 1 aliphatic heterocycles. The van der Waals surface area contributed by atoms with Crippen LogP contribution in [0.5, 0.6) is 0 Å². The van der Waals surface area contributed by atoms with E-state index in [-0.39, 0.29) is 43.2 Å². The van der Waals surface area contributed by atoms with E-state index in [2.05, 4.69) is 19.9 Å². The molecule has 2 N–H and O–H groups in total. The van der Waals surface area contributed by atoms with Crippen molar-refractivity contribution < 1.29 is 9.59 Å². The summed E-state index contributed by atoms with van der Waals surface area (Å²) in [6, 6.07) is 17.1. The first-order valence-electron chi connectivity index (χ1n) is 11.6. The second-order valence-corrected chi connectivity index (χ2v) is 8.51. The molecule has 0 saturated carbocycles. The van der Waals surface area contributed by atoms with Gasteiger partial charge in [0.1, 0.15) is 6.54 Å². The number of fused-ring (bicyclic) bond motifs is 1. The third-order valence-corrected chi connectivity index (χ3v) is 6.39. The maximum atomic E-state index is 13.6. The van der Waals surface area contributed by atoms with E-state index in [9.17, 15) is 9.59 Å². The molecule has 1 saturated heterocycles. The van der Waals surface area contributed by atoms with Crippen molar-refractivity contribution in [1.82, 2.24) is 24.8 Å². The quantitative estimate of drug-likeness (QED) is 0.382. The van der Waals surface area contributed by atoms with Gasteiger partial charge in [0.05, 0.1) is 17.6 Å². The number of para-hydroxylation sites is 2. The number of carbonyl (C=O) groups excluding carboxylic acids is 2. The van der Waals surface area contributed by atoms with Crippen LogP contribution in [0, 0.1) is 0 Å². The van der Waals surface area contributed by atoms with Crippen LogP contribution in [0.15, 0.2) is 73.3 Å². The standard InChI is InChI=1S/C26H28N6O2.2ClH/c33-25(31-14-12-30(13-15-31)11-10-20-16-27-19-29-20)18-32(21-6-2-1-3-7-21)26(34)23-17-28-24-9-5-4-8-22(23)24;;/h1-9,16-17,19,28H,10-15,18H2,(H,27,29);2*1H. The van der Waals surface area contributed by atoms with Gasteiger partial charge >= 0.3 is 0 Å². The predicted octanol–water partition coefficient (Wildman–Crippen LogP) is 3.77. The highest BCUT2D eigenvalue weighted by atomic mass is 35.5. The second kappa shape index (κ2) is 12.6. The molecular formula is C26H30Cl2N6O2. The molecule has 0 spiro atoms. The van der Waals surface area contributed by atoms with Gasteiger partial charge < -0.3 is 14.9 Å². The first-order chi connectivity index (χ1) is 16.7. The topological polar surface area (TPSA) is 88.3 Å². The average molecular weight is 529 g/mol. The van der Waals surface area contributed by atoms with Crippen molar-refractivity contribution in [3.63, 3.8) is 0 Å². The number of rotatable bonds is 7. The summed E-state index contributed by atoms with van der Waals surface area (Å²) >= 11 is 0. The molecule has 10 heteroatoms. The number of piperazine rings is 1. The Bertz CT molecular complexity index is 1250. The third kappa shape index (κ3) is 6.07. The number of halogens is 2. The highest BCUT2D eigenvalue weighted by Gasteiger charge is 2.27. The fourth-order valence-electron chi connectivity index (χ4n) is 4.44. The molecule has 2 aromatic carbocycles. The summed E-state index contributed by atoms with van der Waals surface area (Å²) in [4.78, 5) is 43.1. The maximum absolute atomic E-state index is 13.6. The number of hydrogen-bond acceptors (Lipinski definition) is 4. The zero-order valence-corrected chi connectivity index (χ0v) is 21.4. The highest BCUT2D eigenvalue weighted by molar-refractivity contribution is 6.15. The van der Waals surface area contributed by atoms with Crippen molar-refractivity contribution in [2.24, 2.45) is 0 Å².